The Morgan fingerprint density at radius 2 is 2.06 bits per heavy atom. The van der Waals surface area contributed by atoms with Gasteiger partial charge in [0.05, 0.1) is 3.57 Å². The van der Waals surface area contributed by atoms with E-state index in [0.29, 0.717) is 10.8 Å². The summed E-state index contributed by atoms with van der Waals surface area (Å²) < 4.78 is 11.4. The average Bonchev–Trinajstić information content (AvgIpc) is 2.17. The summed E-state index contributed by atoms with van der Waals surface area (Å²) in [6.45, 7) is 5.32. The SMILES string of the molecule is CC(C)(C)OC(=O)COc1cc(Cl)ccc1I. The predicted molar refractivity (Wildman–Crippen MR) is 75.5 cm³/mol. The van der Waals surface area contributed by atoms with Gasteiger partial charge in [-0.1, -0.05) is 11.6 Å². The molecular formula is C12H14ClIO3. The fraction of sp³-hybridized carbons (Fsp3) is 0.417. The van der Waals surface area contributed by atoms with Crippen molar-refractivity contribution in [3.8, 4) is 5.75 Å². The topological polar surface area (TPSA) is 35.5 Å². The first-order valence-electron chi connectivity index (χ1n) is 5.07. The zero-order chi connectivity index (χ0) is 13.1. The van der Waals surface area contributed by atoms with E-state index in [-0.39, 0.29) is 6.61 Å². The van der Waals surface area contributed by atoms with Gasteiger partial charge in [-0.2, -0.15) is 0 Å². The van der Waals surface area contributed by atoms with Gasteiger partial charge >= 0.3 is 5.97 Å². The third-order valence-electron chi connectivity index (χ3n) is 1.66. The van der Waals surface area contributed by atoms with Gasteiger partial charge in [0.25, 0.3) is 0 Å². The summed E-state index contributed by atoms with van der Waals surface area (Å²) in [5.74, 6) is 0.192. The largest absolute Gasteiger partial charge is 0.481 e. The minimum atomic E-state index is -0.498. The molecule has 0 saturated heterocycles. The molecule has 0 atom stereocenters. The molecule has 0 aromatic heterocycles. The van der Waals surface area contributed by atoms with Crippen LogP contribution in [0.25, 0.3) is 0 Å². The van der Waals surface area contributed by atoms with E-state index in [1.54, 1.807) is 12.1 Å². The maximum atomic E-state index is 11.4. The molecule has 0 N–H and O–H groups in total. The quantitative estimate of drug-likeness (QED) is 0.603. The molecule has 1 rings (SSSR count). The third kappa shape index (κ3) is 5.59. The van der Waals surface area contributed by atoms with Crippen LogP contribution in [0.5, 0.6) is 5.75 Å². The first-order valence-corrected chi connectivity index (χ1v) is 6.53. The Morgan fingerprint density at radius 3 is 2.65 bits per heavy atom. The van der Waals surface area contributed by atoms with E-state index in [9.17, 15) is 4.79 Å². The highest BCUT2D eigenvalue weighted by atomic mass is 127. The monoisotopic (exact) mass is 368 g/mol. The minimum Gasteiger partial charge on any atom is -0.481 e. The van der Waals surface area contributed by atoms with E-state index in [1.807, 2.05) is 26.8 Å². The number of benzene rings is 1. The molecule has 3 nitrogen and oxygen atoms in total. The van der Waals surface area contributed by atoms with E-state index >= 15 is 0 Å². The molecule has 0 aliphatic rings. The van der Waals surface area contributed by atoms with Gasteiger partial charge in [-0.15, -0.1) is 0 Å². The normalized spacial score (nSPS) is 11.1. The van der Waals surface area contributed by atoms with Crippen molar-refractivity contribution in [2.45, 2.75) is 26.4 Å². The van der Waals surface area contributed by atoms with E-state index in [0.717, 1.165) is 3.57 Å². The van der Waals surface area contributed by atoms with Gasteiger partial charge in [0.1, 0.15) is 11.4 Å². The minimum absolute atomic E-state index is 0.117. The Morgan fingerprint density at radius 1 is 1.41 bits per heavy atom. The van der Waals surface area contributed by atoms with Crippen LogP contribution < -0.4 is 4.74 Å². The molecule has 0 spiro atoms. The smallest absolute Gasteiger partial charge is 0.344 e. The van der Waals surface area contributed by atoms with Crippen molar-refractivity contribution in [1.82, 2.24) is 0 Å². The van der Waals surface area contributed by atoms with Crippen molar-refractivity contribution in [3.05, 3.63) is 26.8 Å². The van der Waals surface area contributed by atoms with Crippen molar-refractivity contribution in [1.29, 1.82) is 0 Å². The fourth-order valence-corrected chi connectivity index (χ4v) is 1.75. The van der Waals surface area contributed by atoms with Crippen LogP contribution in [0, 0.1) is 3.57 Å². The highest BCUT2D eigenvalue weighted by Gasteiger charge is 2.16. The van der Waals surface area contributed by atoms with Crippen LogP contribution in [0.2, 0.25) is 5.02 Å². The van der Waals surface area contributed by atoms with Crippen LogP contribution in [0.4, 0.5) is 0 Å². The number of rotatable bonds is 3. The molecule has 0 fully saturated rings. The number of esters is 1. The molecule has 0 heterocycles. The summed E-state index contributed by atoms with van der Waals surface area (Å²) in [5.41, 5.74) is -0.498. The van der Waals surface area contributed by atoms with Crippen molar-refractivity contribution in [3.63, 3.8) is 0 Å². The lowest BCUT2D eigenvalue weighted by molar-refractivity contribution is -0.157. The van der Waals surface area contributed by atoms with Crippen LogP contribution >= 0.6 is 34.2 Å². The Kier molecular flexibility index (Phi) is 5.06. The molecule has 0 amide bonds. The highest BCUT2D eigenvalue weighted by molar-refractivity contribution is 14.1. The summed E-state index contributed by atoms with van der Waals surface area (Å²) in [7, 11) is 0. The van der Waals surface area contributed by atoms with Crippen LogP contribution in [0.3, 0.4) is 0 Å². The Bertz CT molecular complexity index is 413. The van der Waals surface area contributed by atoms with Crippen LogP contribution in [0.1, 0.15) is 20.8 Å². The molecule has 0 bridgehead atoms. The summed E-state index contributed by atoms with van der Waals surface area (Å²) >= 11 is 7.96. The summed E-state index contributed by atoms with van der Waals surface area (Å²) in [6.07, 6.45) is 0. The number of carbonyl (C=O) groups is 1. The summed E-state index contributed by atoms with van der Waals surface area (Å²) in [6, 6.07) is 5.27. The number of hydrogen-bond donors (Lipinski definition) is 0. The standard InChI is InChI=1S/C12H14ClIO3/c1-12(2,3)17-11(15)7-16-10-6-8(13)4-5-9(10)14/h4-6H,7H2,1-3H3. The molecule has 0 unspecified atom stereocenters. The predicted octanol–water partition coefficient (Wildman–Crippen LogP) is 3.67. The third-order valence-corrected chi connectivity index (χ3v) is 2.79. The lowest BCUT2D eigenvalue weighted by Gasteiger charge is -2.19. The van der Waals surface area contributed by atoms with E-state index in [2.05, 4.69) is 22.6 Å². The molecule has 1 aromatic carbocycles. The molecule has 1 aromatic rings. The molecule has 94 valence electrons. The molecule has 0 aliphatic carbocycles. The van der Waals surface area contributed by atoms with Crippen LogP contribution in [-0.2, 0) is 9.53 Å². The second-order valence-corrected chi connectivity index (χ2v) is 6.05. The summed E-state index contributed by atoms with van der Waals surface area (Å²) in [5, 5.41) is 0.574. The van der Waals surface area contributed by atoms with Crippen molar-refractivity contribution in [2.75, 3.05) is 6.61 Å². The van der Waals surface area contributed by atoms with Gasteiger partial charge in [0.2, 0.25) is 0 Å². The molecule has 5 heteroatoms. The van der Waals surface area contributed by atoms with Crippen LogP contribution in [-0.4, -0.2) is 18.2 Å². The molecule has 17 heavy (non-hydrogen) atoms. The van der Waals surface area contributed by atoms with Gasteiger partial charge < -0.3 is 9.47 Å². The van der Waals surface area contributed by atoms with Gasteiger partial charge in [-0.05, 0) is 61.6 Å². The number of hydrogen-bond acceptors (Lipinski definition) is 3. The molecule has 0 saturated carbocycles. The van der Waals surface area contributed by atoms with E-state index in [1.165, 1.54) is 0 Å². The Hall–Kier alpha value is -0.490. The van der Waals surface area contributed by atoms with Crippen LogP contribution in [0.15, 0.2) is 18.2 Å². The lowest BCUT2D eigenvalue weighted by Crippen LogP contribution is -2.27. The zero-order valence-corrected chi connectivity index (χ0v) is 12.8. The average molecular weight is 369 g/mol. The van der Waals surface area contributed by atoms with E-state index in [4.69, 9.17) is 21.1 Å². The van der Waals surface area contributed by atoms with Crippen molar-refractivity contribution < 1.29 is 14.3 Å². The van der Waals surface area contributed by atoms with Gasteiger partial charge in [-0.25, -0.2) is 4.79 Å². The maximum Gasteiger partial charge on any atom is 0.344 e. The number of ether oxygens (including phenoxy) is 2. The van der Waals surface area contributed by atoms with Crippen molar-refractivity contribution >= 4 is 40.2 Å². The first kappa shape index (κ1) is 14.6. The molecule has 0 radical (unpaired) electrons. The second-order valence-electron chi connectivity index (χ2n) is 4.45. The molecular weight excluding hydrogens is 354 g/mol. The first-order chi connectivity index (χ1) is 7.78. The fourth-order valence-electron chi connectivity index (χ4n) is 1.10. The van der Waals surface area contributed by atoms with Gasteiger partial charge in [-0.3, -0.25) is 0 Å². The summed E-state index contributed by atoms with van der Waals surface area (Å²) in [4.78, 5) is 11.4. The zero-order valence-electron chi connectivity index (χ0n) is 9.92. The number of halogens is 2. The van der Waals surface area contributed by atoms with Gasteiger partial charge in [0, 0.05) is 5.02 Å². The Labute approximate surface area is 120 Å². The molecule has 0 aliphatic heterocycles. The van der Waals surface area contributed by atoms with Gasteiger partial charge in [0.15, 0.2) is 6.61 Å². The second kappa shape index (κ2) is 5.91. The van der Waals surface area contributed by atoms with E-state index < -0.39 is 11.6 Å². The Balaban J connectivity index is 2.56. The lowest BCUT2D eigenvalue weighted by atomic mass is 10.2. The van der Waals surface area contributed by atoms with Crippen molar-refractivity contribution in [2.24, 2.45) is 0 Å². The number of carbonyl (C=O) groups excluding carboxylic acids is 1. The highest BCUT2D eigenvalue weighted by Crippen LogP contribution is 2.24. The maximum absolute atomic E-state index is 11.4.